The van der Waals surface area contributed by atoms with Gasteiger partial charge in [0.1, 0.15) is 6.33 Å². The number of nitrogens with one attached hydrogen (secondary N) is 1. The summed E-state index contributed by atoms with van der Waals surface area (Å²) in [6.45, 7) is 9.93. The average Bonchev–Trinajstić information content (AvgIpc) is 3.08. The van der Waals surface area contributed by atoms with Gasteiger partial charge >= 0.3 is 6.18 Å². The lowest BCUT2D eigenvalue weighted by atomic mass is 9.87. The van der Waals surface area contributed by atoms with Gasteiger partial charge in [0.05, 0.1) is 17.6 Å². The van der Waals surface area contributed by atoms with Gasteiger partial charge < -0.3 is 10.2 Å². The maximum absolute atomic E-state index is 15.5. The number of Topliss-reactive ketones (excluding diaryl/α,β-unsaturated/α-hetero) is 1. The molecular formula is C24H30F4N4O. The number of aromatic nitrogens is 2. The molecule has 1 aliphatic heterocycles. The van der Waals surface area contributed by atoms with Crippen LogP contribution in [0.15, 0.2) is 30.6 Å². The van der Waals surface area contributed by atoms with Gasteiger partial charge in [-0.2, -0.15) is 17.6 Å². The van der Waals surface area contributed by atoms with Gasteiger partial charge in [-0.05, 0) is 48.8 Å². The first-order valence-electron chi connectivity index (χ1n) is 11.0. The first-order valence-corrected chi connectivity index (χ1v) is 11.0. The van der Waals surface area contributed by atoms with E-state index in [0.29, 0.717) is 24.9 Å². The Morgan fingerprint density at radius 1 is 1.18 bits per heavy atom. The Labute approximate surface area is 191 Å². The zero-order chi connectivity index (χ0) is 24.6. The van der Waals surface area contributed by atoms with Crippen LogP contribution >= 0.6 is 0 Å². The SMILES string of the molecule is CC(=O)C(CC(C)(C)C)Nc1ncnc(N2CC(C)CC2c2ccc(C(F)(F)F)cc2)c1F. The van der Waals surface area contributed by atoms with E-state index in [9.17, 15) is 18.0 Å². The number of hydrogen-bond acceptors (Lipinski definition) is 5. The lowest BCUT2D eigenvalue weighted by Crippen LogP contribution is -2.33. The highest BCUT2D eigenvalue weighted by Gasteiger charge is 2.36. The molecule has 1 N–H and O–H groups in total. The van der Waals surface area contributed by atoms with Gasteiger partial charge in [0.25, 0.3) is 0 Å². The van der Waals surface area contributed by atoms with Crippen molar-refractivity contribution in [2.24, 2.45) is 11.3 Å². The number of rotatable bonds is 6. The van der Waals surface area contributed by atoms with E-state index in [2.05, 4.69) is 15.3 Å². The summed E-state index contributed by atoms with van der Waals surface area (Å²) in [6.07, 6.45) is -2.03. The Bertz CT molecular complexity index is 985. The molecule has 0 aliphatic carbocycles. The van der Waals surface area contributed by atoms with E-state index >= 15 is 4.39 Å². The van der Waals surface area contributed by atoms with Crippen LogP contribution in [-0.4, -0.2) is 28.3 Å². The van der Waals surface area contributed by atoms with Crippen LogP contribution in [0.5, 0.6) is 0 Å². The molecule has 5 nitrogen and oxygen atoms in total. The zero-order valence-electron chi connectivity index (χ0n) is 19.5. The fourth-order valence-corrected chi connectivity index (χ4v) is 4.23. The molecule has 1 aromatic heterocycles. The van der Waals surface area contributed by atoms with E-state index < -0.39 is 23.6 Å². The van der Waals surface area contributed by atoms with Gasteiger partial charge in [0, 0.05) is 6.54 Å². The summed E-state index contributed by atoms with van der Waals surface area (Å²) >= 11 is 0. The molecular weight excluding hydrogens is 436 g/mol. The van der Waals surface area contributed by atoms with E-state index in [1.54, 1.807) is 4.90 Å². The monoisotopic (exact) mass is 466 g/mol. The lowest BCUT2D eigenvalue weighted by molar-refractivity contribution is -0.137. The van der Waals surface area contributed by atoms with Gasteiger partial charge in [-0.1, -0.05) is 39.8 Å². The van der Waals surface area contributed by atoms with E-state index in [-0.39, 0.29) is 34.8 Å². The molecule has 3 rings (SSSR count). The van der Waals surface area contributed by atoms with Gasteiger partial charge in [-0.15, -0.1) is 0 Å². The Morgan fingerprint density at radius 3 is 2.36 bits per heavy atom. The lowest BCUT2D eigenvalue weighted by Gasteiger charge is -2.28. The van der Waals surface area contributed by atoms with Crippen LogP contribution in [0.25, 0.3) is 0 Å². The molecule has 9 heteroatoms. The molecule has 0 radical (unpaired) electrons. The van der Waals surface area contributed by atoms with Crippen molar-refractivity contribution in [3.63, 3.8) is 0 Å². The normalized spacial score (nSPS) is 20.1. The molecule has 1 fully saturated rings. The molecule has 2 heterocycles. The van der Waals surface area contributed by atoms with E-state index in [4.69, 9.17) is 0 Å². The Morgan fingerprint density at radius 2 is 1.82 bits per heavy atom. The number of hydrogen-bond donors (Lipinski definition) is 1. The fraction of sp³-hybridized carbons (Fsp3) is 0.542. The smallest absolute Gasteiger partial charge is 0.358 e. The number of carbonyl (C=O) groups excluding carboxylic acids is 1. The van der Waals surface area contributed by atoms with Crippen molar-refractivity contribution in [1.29, 1.82) is 0 Å². The van der Waals surface area contributed by atoms with E-state index in [1.165, 1.54) is 25.4 Å². The molecule has 3 atom stereocenters. The minimum Gasteiger partial charge on any atom is -0.358 e. The third kappa shape index (κ3) is 6.00. The second kappa shape index (κ2) is 9.27. The highest BCUT2D eigenvalue weighted by atomic mass is 19.4. The summed E-state index contributed by atoms with van der Waals surface area (Å²) in [6, 6.07) is 4.04. The molecule has 0 bridgehead atoms. The summed E-state index contributed by atoms with van der Waals surface area (Å²) in [5.41, 5.74) is -0.222. The van der Waals surface area contributed by atoms with Gasteiger partial charge in [-0.25, -0.2) is 9.97 Å². The van der Waals surface area contributed by atoms with Gasteiger partial charge in [0.2, 0.25) is 5.82 Å². The molecule has 0 amide bonds. The van der Waals surface area contributed by atoms with Crippen molar-refractivity contribution < 1.29 is 22.4 Å². The van der Waals surface area contributed by atoms with Crippen LogP contribution in [0.2, 0.25) is 0 Å². The highest BCUT2D eigenvalue weighted by molar-refractivity contribution is 5.84. The van der Waals surface area contributed by atoms with Crippen molar-refractivity contribution in [3.05, 3.63) is 47.5 Å². The van der Waals surface area contributed by atoms with E-state index in [1.807, 2.05) is 27.7 Å². The molecule has 180 valence electrons. The maximum Gasteiger partial charge on any atom is 0.416 e. The van der Waals surface area contributed by atoms with E-state index in [0.717, 1.165) is 12.1 Å². The fourth-order valence-electron chi connectivity index (χ4n) is 4.23. The average molecular weight is 467 g/mol. The molecule has 0 saturated carbocycles. The summed E-state index contributed by atoms with van der Waals surface area (Å²) in [7, 11) is 0. The van der Waals surface area contributed by atoms with Crippen LogP contribution in [0.3, 0.4) is 0 Å². The number of benzene rings is 1. The van der Waals surface area contributed by atoms with Crippen molar-refractivity contribution in [3.8, 4) is 0 Å². The quantitative estimate of drug-likeness (QED) is 0.527. The van der Waals surface area contributed by atoms with Crippen LogP contribution < -0.4 is 10.2 Å². The largest absolute Gasteiger partial charge is 0.416 e. The minimum atomic E-state index is -4.42. The first kappa shape index (κ1) is 24.9. The van der Waals surface area contributed by atoms with Crippen molar-refractivity contribution in [2.75, 3.05) is 16.8 Å². The van der Waals surface area contributed by atoms with Gasteiger partial charge in [0.15, 0.2) is 17.4 Å². The van der Waals surface area contributed by atoms with Crippen molar-refractivity contribution in [1.82, 2.24) is 9.97 Å². The summed E-state index contributed by atoms with van der Waals surface area (Å²) in [5, 5.41) is 2.93. The third-order valence-electron chi connectivity index (χ3n) is 5.79. The van der Waals surface area contributed by atoms with Crippen LogP contribution in [0.4, 0.5) is 29.2 Å². The van der Waals surface area contributed by atoms with Crippen LogP contribution in [0.1, 0.15) is 64.6 Å². The summed E-state index contributed by atoms with van der Waals surface area (Å²) < 4.78 is 54.4. The predicted molar refractivity (Wildman–Crippen MR) is 119 cm³/mol. The molecule has 0 spiro atoms. The molecule has 2 aromatic rings. The Hall–Kier alpha value is -2.71. The van der Waals surface area contributed by atoms with Crippen LogP contribution in [0, 0.1) is 17.2 Å². The number of carbonyl (C=O) groups is 1. The predicted octanol–water partition coefficient (Wildman–Crippen LogP) is 6.03. The topological polar surface area (TPSA) is 58.1 Å². The molecule has 1 aliphatic rings. The highest BCUT2D eigenvalue weighted by Crippen LogP contribution is 2.40. The third-order valence-corrected chi connectivity index (χ3v) is 5.79. The Balaban J connectivity index is 1.91. The standard InChI is InChI=1S/C24H30F4N4O/c1-14-10-19(16-6-8-17(9-7-16)24(26,27)28)32(12-14)22-20(25)21(29-13-30-22)31-18(15(2)33)11-23(3,4)5/h6-9,13-14,18-19H,10-12H2,1-5H3,(H,29,30,31). The zero-order valence-corrected chi connectivity index (χ0v) is 19.5. The summed E-state index contributed by atoms with van der Waals surface area (Å²) in [5.74, 6) is -0.602. The first-order chi connectivity index (χ1) is 15.3. The number of halogens is 4. The number of nitrogens with zero attached hydrogens (tertiary/aromatic N) is 3. The number of alkyl halides is 3. The second-order valence-corrected chi connectivity index (χ2v) is 10.1. The molecule has 1 saturated heterocycles. The number of ketones is 1. The number of anilines is 2. The molecule has 1 aromatic carbocycles. The van der Waals surface area contributed by atoms with Gasteiger partial charge in [-0.3, -0.25) is 4.79 Å². The van der Waals surface area contributed by atoms with Crippen molar-refractivity contribution >= 4 is 17.4 Å². The summed E-state index contributed by atoms with van der Waals surface area (Å²) in [4.78, 5) is 22.1. The van der Waals surface area contributed by atoms with Crippen molar-refractivity contribution in [2.45, 2.75) is 65.7 Å². The molecule has 3 unspecified atom stereocenters. The second-order valence-electron chi connectivity index (χ2n) is 10.1. The molecule has 33 heavy (non-hydrogen) atoms. The van der Waals surface area contributed by atoms with Crippen LogP contribution in [-0.2, 0) is 11.0 Å². The Kier molecular flexibility index (Phi) is 7.00. The maximum atomic E-state index is 15.5. The minimum absolute atomic E-state index is 0.0600.